The lowest BCUT2D eigenvalue weighted by atomic mass is 10.1. The van der Waals surface area contributed by atoms with Gasteiger partial charge in [-0.05, 0) is 6.07 Å². The molecule has 1 rings (SSSR count). The number of ketones is 2. The van der Waals surface area contributed by atoms with E-state index in [0.29, 0.717) is 12.0 Å². The van der Waals surface area contributed by atoms with Crippen LogP contribution in [0.1, 0.15) is 48.0 Å². The second-order valence-electron chi connectivity index (χ2n) is 2.91. The van der Waals surface area contributed by atoms with Gasteiger partial charge >= 0.3 is 0 Å². The highest BCUT2D eigenvalue weighted by atomic mass is 35.6. The van der Waals surface area contributed by atoms with Crippen LogP contribution < -0.4 is 0 Å². The Hall–Kier alpha value is -0.510. The highest BCUT2D eigenvalue weighted by molar-refractivity contribution is 6.77. The van der Waals surface area contributed by atoms with Crippen LogP contribution in [0.4, 0.5) is 0 Å². The number of alkyl halides is 3. The number of aromatic nitrogens is 1. The smallest absolute Gasteiger partial charge is 0.254 e. The van der Waals surface area contributed by atoms with Gasteiger partial charge in [0, 0.05) is 18.2 Å². The number of nitrogens with one attached hydrogen (secondary N) is 1. The number of carbonyl (C=O) groups is 2. The van der Waals surface area contributed by atoms with Gasteiger partial charge in [-0.3, -0.25) is 9.59 Å². The van der Waals surface area contributed by atoms with Gasteiger partial charge in [0.2, 0.25) is 5.78 Å². The van der Waals surface area contributed by atoms with E-state index in [1.807, 2.05) is 13.8 Å². The van der Waals surface area contributed by atoms with Crippen molar-refractivity contribution < 1.29 is 9.59 Å². The maximum Gasteiger partial charge on any atom is 0.254 e. The quantitative estimate of drug-likeness (QED) is 0.672. The minimum atomic E-state index is -2.00. The standard InChI is InChI=1S/C9H8Cl3NO2.C2H6/c1-2-7(14)5-3-6(13-4-5)8(15)9(10,11)12;1-2/h3-4,13H,2H2,1H3;1-2H3. The summed E-state index contributed by atoms with van der Waals surface area (Å²) in [4.78, 5) is 25.3. The van der Waals surface area contributed by atoms with Crippen molar-refractivity contribution in [1.82, 2.24) is 4.98 Å². The van der Waals surface area contributed by atoms with E-state index >= 15 is 0 Å². The van der Waals surface area contributed by atoms with E-state index in [1.165, 1.54) is 12.3 Å². The summed E-state index contributed by atoms with van der Waals surface area (Å²) in [7, 11) is 0. The number of carbonyl (C=O) groups excluding carboxylic acids is 2. The molecule has 0 amide bonds. The molecule has 0 saturated carbocycles. The predicted octanol–water partition coefficient (Wildman–Crippen LogP) is 4.19. The van der Waals surface area contributed by atoms with Crippen molar-refractivity contribution in [2.24, 2.45) is 0 Å². The summed E-state index contributed by atoms with van der Waals surface area (Å²) >= 11 is 16.3. The molecule has 0 aliphatic carbocycles. The van der Waals surface area contributed by atoms with Gasteiger partial charge in [0.25, 0.3) is 3.79 Å². The largest absolute Gasteiger partial charge is 0.358 e. The van der Waals surface area contributed by atoms with Gasteiger partial charge in [-0.15, -0.1) is 0 Å². The zero-order valence-electron chi connectivity index (χ0n) is 9.81. The number of halogens is 3. The van der Waals surface area contributed by atoms with Gasteiger partial charge < -0.3 is 4.98 Å². The molecule has 0 atom stereocenters. The van der Waals surface area contributed by atoms with E-state index < -0.39 is 9.58 Å². The Balaban J connectivity index is 0.00000121. The third kappa shape index (κ3) is 4.70. The van der Waals surface area contributed by atoms with Crippen molar-refractivity contribution in [3.05, 3.63) is 23.5 Å². The van der Waals surface area contributed by atoms with Crippen molar-refractivity contribution in [1.29, 1.82) is 0 Å². The van der Waals surface area contributed by atoms with E-state index in [0.717, 1.165) is 0 Å². The molecule has 1 aromatic heterocycles. The van der Waals surface area contributed by atoms with Crippen molar-refractivity contribution in [3.8, 4) is 0 Å². The first-order chi connectivity index (χ1) is 7.86. The summed E-state index contributed by atoms with van der Waals surface area (Å²) in [6.07, 6.45) is 1.79. The lowest BCUT2D eigenvalue weighted by Crippen LogP contribution is -2.19. The predicted molar refractivity (Wildman–Crippen MR) is 71.4 cm³/mol. The van der Waals surface area contributed by atoms with Crippen LogP contribution in [0.15, 0.2) is 12.3 Å². The monoisotopic (exact) mass is 297 g/mol. The van der Waals surface area contributed by atoms with Crippen LogP contribution in [-0.2, 0) is 0 Å². The van der Waals surface area contributed by atoms with Crippen LogP contribution in [0.3, 0.4) is 0 Å². The Labute approximate surface area is 115 Å². The molecule has 0 radical (unpaired) electrons. The minimum Gasteiger partial charge on any atom is -0.358 e. The van der Waals surface area contributed by atoms with Gasteiger partial charge in [0.15, 0.2) is 5.78 Å². The lowest BCUT2D eigenvalue weighted by Gasteiger charge is -2.06. The number of hydrogen-bond acceptors (Lipinski definition) is 2. The molecule has 6 heteroatoms. The molecule has 0 aliphatic rings. The first-order valence-corrected chi connectivity index (χ1v) is 6.32. The number of rotatable bonds is 3. The summed E-state index contributed by atoms with van der Waals surface area (Å²) in [6.45, 7) is 5.73. The topological polar surface area (TPSA) is 49.9 Å². The molecule has 96 valence electrons. The third-order valence-corrected chi connectivity index (χ3v) is 2.34. The van der Waals surface area contributed by atoms with Gasteiger partial charge in [0.05, 0.1) is 5.69 Å². The fourth-order valence-corrected chi connectivity index (χ4v) is 1.35. The van der Waals surface area contributed by atoms with Gasteiger partial charge in [-0.25, -0.2) is 0 Å². The second kappa shape index (κ2) is 7.04. The summed E-state index contributed by atoms with van der Waals surface area (Å²) < 4.78 is -2.00. The first kappa shape index (κ1) is 16.5. The zero-order chi connectivity index (χ0) is 13.6. The van der Waals surface area contributed by atoms with Crippen LogP contribution in [0, 0.1) is 0 Å². The van der Waals surface area contributed by atoms with Crippen LogP contribution >= 0.6 is 34.8 Å². The summed E-state index contributed by atoms with van der Waals surface area (Å²) in [5.41, 5.74) is 0.530. The number of Topliss-reactive ketones (excluding diaryl/α,β-unsaturated/α-hetero) is 2. The van der Waals surface area contributed by atoms with E-state index in [2.05, 4.69) is 4.98 Å². The van der Waals surface area contributed by atoms with E-state index in [1.54, 1.807) is 6.92 Å². The summed E-state index contributed by atoms with van der Waals surface area (Å²) in [5, 5.41) is 0. The van der Waals surface area contributed by atoms with Gasteiger partial charge in [0.1, 0.15) is 0 Å². The van der Waals surface area contributed by atoms with Crippen LogP contribution in [0.25, 0.3) is 0 Å². The molecule has 0 unspecified atom stereocenters. The van der Waals surface area contributed by atoms with Crippen molar-refractivity contribution in [3.63, 3.8) is 0 Å². The van der Waals surface area contributed by atoms with Crippen molar-refractivity contribution in [2.45, 2.75) is 31.0 Å². The number of aromatic amines is 1. The summed E-state index contributed by atoms with van der Waals surface area (Å²) in [5.74, 6) is -0.753. The number of H-pyrrole nitrogens is 1. The lowest BCUT2D eigenvalue weighted by molar-refractivity contribution is 0.0986. The number of hydrogen-bond donors (Lipinski definition) is 1. The molecular formula is C11H14Cl3NO2. The molecule has 1 heterocycles. The molecule has 0 saturated heterocycles. The van der Waals surface area contributed by atoms with Gasteiger partial charge in [-0.1, -0.05) is 55.6 Å². The highest BCUT2D eigenvalue weighted by Crippen LogP contribution is 2.30. The third-order valence-electron chi connectivity index (χ3n) is 1.83. The fourth-order valence-electron chi connectivity index (χ4n) is 1.04. The molecule has 1 N–H and O–H groups in total. The van der Waals surface area contributed by atoms with Crippen molar-refractivity contribution >= 4 is 46.4 Å². The Morgan fingerprint density at radius 3 is 2.24 bits per heavy atom. The Bertz CT molecular complexity index is 394. The molecule has 0 spiro atoms. The molecule has 3 nitrogen and oxygen atoms in total. The highest BCUT2D eigenvalue weighted by Gasteiger charge is 2.32. The normalized spacial score (nSPS) is 10.5. The van der Waals surface area contributed by atoms with Gasteiger partial charge in [-0.2, -0.15) is 0 Å². The van der Waals surface area contributed by atoms with Crippen LogP contribution in [0.2, 0.25) is 0 Å². The maximum atomic E-state index is 11.5. The Morgan fingerprint density at radius 1 is 1.29 bits per heavy atom. The molecule has 0 aromatic carbocycles. The van der Waals surface area contributed by atoms with Crippen molar-refractivity contribution in [2.75, 3.05) is 0 Å². The Kier molecular flexibility index (Phi) is 6.83. The summed E-state index contributed by atoms with van der Waals surface area (Å²) in [6, 6.07) is 1.38. The maximum absolute atomic E-state index is 11.5. The van der Waals surface area contributed by atoms with Crippen LogP contribution in [-0.4, -0.2) is 20.3 Å². The Morgan fingerprint density at radius 2 is 1.82 bits per heavy atom. The molecule has 0 aliphatic heterocycles. The minimum absolute atomic E-state index is 0.0744. The molecule has 17 heavy (non-hydrogen) atoms. The zero-order valence-corrected chi connectivity index (χ0v) is 12.1. The second-order valence-corrected chi connectivity index (χ2v) is 5.19. The van der Waals surface area contributed by atoms with E-state index in [-0.39, 0.29) is 11.5 Å². The molecule has 1 aromatic rings. The van der Waals surface area contributed by atoms with E-state index in [4.69, 9.17) is 34.8 Å². The van der Waals surface area contributed by atoms with Crippen LogP contribution in [0.5, 0.6) is 0 Å². The van der Waals surface area contributed by atoms with E-state index in [9.17, 15) is 9.59 Å². The average molecular weight is 299 g/mol. The molecular weight excluding hydrogens is 284 g/mol. The SMILES string of the molecule is CC.CCC(=O)c1c[nH]c(C(=O)C(Cl)(Cl)Cl)c1. The molecule has 0 bridgehead atoms. The average Bonchev–Trinajstić information content (AvgIpc) is 2.77. The molecule has 0 fully saturated rings. The first-order valence-electron chi connectivity index (χ1n) is 5.19. The fraction of sp³-hybridized carbons (Fsp3) is 0.455.